The second kappa shape index (κ2) is 11.3. The lowest BCUT2D eigenvalue weighted by molar-refractivity contribution is -0.121. The molecule has 9 heteroatoms. The molecule has 0 aromatic heterocycles. The van der Waals surface area contributed by atoms with Crippen LogP contribution in [0.4, 0.5) is 0 Å². The van der Waals surface area contributed by atoms with Crippen molar-refractivity contribution in [2.75, 3.05) is 13.6 Å². The Kier molecular flexibility index (Phi) is 9.03. The van der Waals surface area contributed by atoms with Crippen LogP contribution in [-0.4, -0.2) is 44.2 Å². The molecule has 0 saturated carbocycles. The van der Waals surface area contributed by atoms with Gasteiger partial charge in [-0.05, 0) is 62.2 Å². The molecule has 0 unspecified atom stereocenters. The first-order chi connectivity index (χ1) is 14.6. The summed E-state index contributed by atoms with van der Waals surface area (Å²) >= 11 is 5.80. The maximum atomic E-state index is 12.5. The summed E-state index contributed by atoms with van der Waals surface area (Å²) < 4.78 is 26.3. The average molecular weight is 466 g/mol. The fraction of sp³-hybridized carbons (Fsp3) is 0.364. The van der Waals surface area contributed by atoms with E-state index in [4.69, 9.17) is 11.6 Å². The van der Waals surface area contributed by atoms with Crippen LogP contribution in [0.5, 0.6) is 0 Å². The number of benzene rings is 2. The summed E-state index contributed by atoms with van der Waals surface area (Å²) in [6, 6.07) is 12.9. The zero-order valence-corrected chi connectivity index (χ0v) is 19.5. The number of hydrogen-bond acceptors (Lipinski definition) is 4. The zero-order valence-electron chi connectivity index (χ0n) is 17.9. The number of nitrogens with zero attached hydrogens (tertiary/aromatic N) is 1. The summed E-state index contributed by atoms with van der Waals surface area (Å²) in [7, 11) is -1.98. The fourth-order valence-corrected chi connectivity index (χ4v) is 4.16. The highest BCUT2D eigenvalue weighted by Crippen LogP contribution is 2.17. The van der Waals surface area contributed by atoms with Crippen molar-refractivity contribution in [1.29, 1.82) is 0 Å². The third-order valence-corrected chi connectivity index (χ3v) is 7.09. The first kappa shape index (κ1) is 24.8. The molecular formula is C22H28ClN3O4S. The Morgan fingerprint density at radius 3 is 2.19 bits per heavy atom. The van der Waals surface area contributed by atoms with E-state index in [0.717, 1.165) is 5.56 Å². The standard InChI is InChI=1S/C22H28ClN3O4S/c1-16(2)26(3)31(29,30)20-12-6-17(7-13-20)15-25-21(27)5-4-14-24-22(28)18-8-10-19(23)11-9-18/h6-13,16H,4-5,14-15H2,1-3H3,(H,24,28)(H,25,27). The van der Waals surface area contributed by atoms with Crippen LogP contribution in [0, 0.1) is 0 Å². The number of amides is 2. The van der Waals surface area contributed by atoms with Gasteiger partial charge in [0.25, 0.3) is 5.91 Å². The van der Waals surface area contributed by atoms with Gasteiger partial charge in [-0.25, -0.2) is 8.42 Å². The molecule has 2 aromatic carbocycles. The summed E-state index contributed by atoms with van der Waals surface area (Å²) in [5.41, 5.74) is 1.31. The van der Waals surface area contributed by atoms with Crippen molar-refractivity contribution < 1.29 is 18.0 Å². The SMILES string of the molecule is CC(C)N(C)S(=O)(=O)c1ccc(CNC(=O)CCCNC(=O)c2ccc(Cl)cc2)cc1. The largest absolute Gasteiger partial charge is 0.352 e. The van der Waals surface area contributed by atoms with Gasteiger partial charge in [0, 0.05) is 43.2 Å². The molecule has 2 amide bonds. The molecule has 2 rings (SSSR count). The molecule has 0 aliphatic heterocycles. The third kappa shape index (κ3) is 7.34. The molecule has 0 saturated heterocycles. The van der Waals surface area contributed by atoms with Crippen molar-refractivity contribution in [2.45, 2.75) is 44.2 Å². The minimum absolute atomic E-state index is 0.139. The van der Waals surface area contributed by atoms with E-state index >= 15 is 0 Å². The van der Waals surface area contributed by atoms with Gasteiger partial charge in [-0.1, -0.05) is 23.7 Å². The van der Waals surface area contributed by atoms with Crippen LogP contribution in [0.15, 0.2) is 53.4 Å². The molecule has 0 aliphatic carbocycles. The summed E-state index contributed by atoms with van der Waals surface area (Å²) in [6.07, 6.45) is 0.774. The average Bonchev–Trinajstić information content (AvgIpc) is 2.75. The number of halogens is 1. The lowest BCUT2D eigenvalue weighted by atomic mass is 10.2. The van der Waals surface area contributed by atoms with Gasteiger partial charge in [-0.15, -0.1) is 0 Å². The van der Waals surface area contributed by atoms with E-state index in [2.05, 4.69) is 10.6 Å². The molecule has 0 spiro atoms. The Labute approximate surface area is 188 Å². The molecule has 0 atom stereocenters. The number of sulfonamides is 1. The van der Waals surface area contributed by atoms with Crippen molar-refractivity contribution in [3.05, 3.63) is 64.7 Å². The fourth-order valence-electron chi connectivity index (χ4n) is 2.67. The van der Waals surface area contributed by atoms with Crippen LogP contribution in [0.2, 0.25) is 5.02 Å². The maximum absolute atomic E-state index is 12.5. The highest BCUT2D eigenvalue weighted by atomic mass is 35.5. The lowest BCUT2D eigenvalue weighted by Gasteiger charge is -2.21. The summed E-state index contributed by atoms with van der Waals surface area (Å²) in [4.78, 5) is 24.2. The van der Waals surface area contributed by atoms with Crippen LogP contribution in [0.3, 0.4) is 0 Å². The van der Waals surface area contributed by atoms with Crippen molar-refractivity contribution in [3.8, 4) is 0 Å². The Morgan fingerprint density at radius 2 is 1.61 bits per heavy atom. The van der Waals surface area contributed by atoms with Gasteiger partial charge in [0.2, 0.25) is 15.9 Å². The normalized spacial score (nSPS) is 11.5. The van der Waals surface area contributed by atoms with Crippen molar-refractivity contribution in [1.82, 2.24) is 14.9 Å². The van der Waals surface area contributed by atoms with Gasteiger partial charge in [-0.2, -0.15) is 4.31 Å². The number of carbonyl (C=O) groups excluding carboxylic acids is 2. The second-order valence-electron chi connectivity index (χ2n) is 7.40. The molecular weight excluding hydrogens is 438 g/mol. The van der Waals surface area contributed by atoms with Gasteiger partial charge in [0.05, 0.1) is 4.90 Å². The van der Waals surface area contributed by atoms with E-state index in [1.54, 1.807) is 55.6 Å². The van der Waals surface area contributed by atoms with Crippen LogP contribution in [-0.2, 0) is 21.4 Å². The van der Waals surface area contributed by atoms with E-state index in [1.807, 2.05) is 13.8 Å². The lowest BCUT2D eigenvalue weighted by Crippen LogP contribution is -2.33. The number of nitrogens with one attached hydrogen (secondary N) is 2. The van der Waals surface area contributed by atoms with E-state index in [-0.39, 0.29) is 29.2 Å². The summed E-state index contributed by atoms with van der Waals surface area (Å²) in [6.45, 7) is 4.30. The van der Waals surface area contributed by atoms with Crippen LogP contribution < -0.4 is 10.6 Å². The predicted molar refractivity (Wildman–Crippen MR) is 121 cm³/mol. The Morgan fingerprint density at radius 1 is 1.00 bits per heavy atom. The van der Waals surface area contributed by atoms with Gasteiger partial charge < -0.3 is 10.6 Å². The quantitative estimate of drug-likeness (QED) is 0.527. The molecule has 0 bridgehead atoms. The molecule has 168 valence electrons. The highest BCUT2D eigenvalue weighted by Gasteiger charge is 2.22. The smallest absolute Gasteiger partial charge is 0.251 e. The van der Waals surface area contributed by atoms with Crippen LogP contribution in [0.25, 0.3) is 0 Å². The Bertz CT molecular complexity index is 990. The van der Waals surface area contributed by atoms with E-state index in [9.17, 15) is 18.0 Å². The molecule has 0 heterocycles. The second-order valence-corrected chi connectivity index (χ2v) is 9.84. The van der Waals surface area contributed by atoms with Gasteiger partial charge in [0.15, 0.2) is 0 Å². The van der Waals surface area contributed by atoms with E-state index in [0.29, 0.717) is 30.1 Å². The predicted octanol–water partition coefficient (Wildman–Crippen LogP) is 3.20. The molecule has 7 nitrogen and oxygen atoms in total. The zero-order chi connectivity index (χ0) is 23.0. The number of carbonyl (C=O) groups is 2. The highest BCUT2D eigenvalue weighted by molar-refractivity contribution is 7.89. The van der Waals surface area contributed by atoms with Crippen LogP contribution in [0.1, 0.15) is 42.6 Å². The topological polar surface area (TPSA) is 95.6 Å². The molecule has 0 radical (unpaired) electrons. The van der Waals surface area contributed by atoms with E-state index in [1.165, 1.54) is 4.31 Å². The Hall–Kier alpha value is -2.42. The summed E-state index contributed by atoms with van der Waals surface area (Å²) in [5.74, 6) is -0.354. The minimum Gasteiger partial charge on any atom is -0.352 e. The third-order valence-electron chi connectivity index (χ3n) is 4.79. The van der Waals surface area contributed by atoms with Crippen molar-refractivity contribution >= 4 is 33.4 Å². The molecule has 2 aromatic rings. The van der Waals surface area contributed by atoms with Crippen molar-refractivity contribution in [2.24, 2.45) is 0 Å². The van der Waals surface area contributed by atoms with E-state index < -0.39 is 10.0 Å². The van der Waals surface area contributed by atoms with Crippen molar-refractivity contribution in [3.63, 3.8) is 0 Å². The van der Waals surface area contributed by atoms with Crippen LogP contribution >= 0.6 is 11.6 Å². The monoisotopic (exact) mass is 465 g/mol. The number of hydrogen-bond donors (Lipinski definition) is 2. The minimum atomic E-state index is -3.53. The first-order valence-corrected chi connectivity index (χ1v) is 11.8. The number of rotatable bonds is 10. The van der Waals surface area contributed by atoms with Gasteiger partial charge in [0.1, 0.15) is 0 Å². The van der Waals surface area contributed by atoms with Gasteiger partial charge in [-0.3, -0.25) is 9.59 Å². The summed E-state index contributed by atoms with van der Waals surface area (Å²) in [5, 5.41) is 6.12. The molecule has 31 heavy (non-hydrogen) atoms. The maximum Gasteiger partial charge on any atom is 0.251 e. The Balaban J connectivity index is 1.74. The molecule has 0 fully saturated rings. The molecule has 2 N–H and O–H groups in total. The molecule has 0 aliphatic rings. The first-order valence-electron chi connectivity index (χ1n) is 9.98. The van der Waals surface area contributed by atoms with Gasteiger partial charge >= 0.3 is 0 Å².